The highest BCUT2D eigenvalue weighted by Gasteiger charge is 2.25. The van der Waals surface area contributed by atoms with Crippen molar-refractivity contribution in [2.24, 2.45) is 5.84 Å². The quantitative estimate of drug-likeness (QED) is 0.375. The molecule has 116 valence electrons. The fourth-order valence-corrected chi connectivity index (χ4v) is 3.66. The fourth-order valence-electron chi connectivity index (χ4n) is 2.02. The number of benzene rings is 1. The predicted molar refractivity (Wildman–Crippen MR) is 93.6 cm³/mol. The molecule has 2 aromatic rings. The molecular formula is C12H16Cl2N4OS2. The Hall–Kier alpha value is -0.600. The second kappa shape index (κ2) is 8.14. The molecule has 1 aliphatic heterocycles. The van der Waals surface area contributed by atoms with Crippen molar-refractivity contribution in [1.82, 2.24) is 15.0 Å². The summed E-state index contributed by atoms with van der Waals surface area (Å²) < 4.78 is 2.25. The van der Waals surface area contributed by atoms with Crippen molar-refractivity contribution in [3.63, 3.8) is 0 Å². The van der Waals surface area contributed by atoms with Crippen LogP contribution in [0.2, 0.25) is 0 Å². The van der Waals surface area contributed by atoms with Gasteiger partial charge in [0.25, 0.3) is 0 Å². The molecule has 0 saturated carbocycles. The molecule has 0 spiro atoms. The smallest absolute Gasteiger partial charge is 0.244 e. The molecule has 0 bridgehead atoms. The van der Waals surface area contributed by atoms with Gasteiger partial charge < -0.3 is 4.57 Å². The Morgan fingerprint density at radius 3 is 2.76 bits per heavy atom. The van der Waals surface area contributed by atoms with E-state index in [1.807, 2.05) is 30.0 Å². The van der Waals surface area contributed by atoms with E-state index in [1.165, 1.54) is 11.8 Å². The Morgan fingerprint density at radius 1 is 1.43 bits per heavy atom. The number of nitrogens with zero attached hydrogens (tertiary/aromatic N) is 2. The number of aromatic nitrogens is 2. The Balaban J connectivity index is 0.00000110. The highest BCUT2D eigenvalue weighted by Crippen LogP contribution is 2.36. The SMILES string of the molecule is Cl.Cl.NNC(=O)CSc1nc2ccccc2n1C1CSC1. The Morgan fingerprint density at radius 2 is 2.14 bits per heavy atom. The monoisotopic (exact) mass is 366 g/mol. The highest BCUT2D eigenvalue weighted by atomic mass is 35.5. The van der Waals surface area contributed by atoms with Crippen LogP contribution in [-0.4, -0.2) is 32.7 Å². The predicted octanol–water partition coefficient (Wildman–Crippen LogP) is 2.25. The van der Waals surface area contributed by atoms with Gasteiger partial charge in [0, 0.05) is 11.5 Å². The maximum absolute atomic E-state index is 11.3. The zero-order valence-corrected chi connectivity index (χ0v) is 14.3. The van der Waals surface area contributed by atoms with Gasteiger partial charge in [-0.25, -0.2) is 10.8 Å². The van der Waals surface area contributed by atoms with Crippen molar-refractivity contribution >= 4 is 65.3 Å². The van der Waals surface area contributed by atoms with Crippen molar-refractivity contribution in [2.45, 2.75) is 11.2 Å². The van der Waals surface area contributed by atoms with Gasteiger partial charge in [-0.2, -0.15) is 11.8 Å². The molecule has 1 amide bonds. The van der Waals surface area contributed by atoms with Crippen LogP contribution in [0.3, 0.4) is 0 Å². The Kier molecular flexibility index (Phi) is 7.15. The molecule has 0 radical (unpaired) electrons. The van der Waals surface area contributed by atoms with Crippen LogP contribution in [0.5, 0.6) is 0 Å². The van der Waals surface area contributed by atoms with E-state index >= 15 is 0 Å². The minimum absolute atomic E-state index is 0. The number of imidazole rings is 1. The lowest BCUT2D eigenvalue weighted by Crippen LogP contribution is -2.31. The van der Waals surface area contributed by atoms with Crippen molar-refractivity contribution in [1.29, 1.82) is 0 Å². The third-order valence-electron chi connectivity index (χ3n) is 3.04. The molecule has 1 aromatic carbocycles. The van der Waals surface area contributed by atoms with E-state index in [9.17, 15) is 4.79 Å². The van der Waals surface area contributed by atoms with Crippen molar-refractivity contribution in [3.8, 4) is 0 Å². The van der Waals surface area contributed by atoms with Gasteiger partial charge in [-0.05, 0) is 12.1 Å². The van der Waals surface area contributed by atoms with Crippen LogP contribution in [0, 0.1) is 0 Å². The lowest BCUT2D eigenvalue weighted by Gasteiger charge is -2.28. The number of carbonyl (C=O) groups is 1. The number of hydrogen-bond acceptors (Lipinski definition) is 5. The molecule has 2 heterocycles. The zero-order valence-electron chi connectivity index (χ0n) is 11.0. The number of nitrogens with two attached hydrogens (primary N) is 1. The first kappa shape index (κ1) is 18.4. The fraction of sp³-hybridized carbons (Fsp3) is 0.333. The van der Waals surface area contributed by atoms with E-state index in [1.54, 1.807) is 0 Å². The lowest BCUT2D eigenvalue weighted by molar-refractivity contribution is -0.118. The van der Waals surface area contributed by atoms with Crippen molar-refractivity contribution in [3.05, 3.63) is 24.3 Å². The van der Waals surface area contributed by atoms with Crippen LogP contribution < -0.4 is 11.3 Å². The van der Waals surface area contributed by atoms with Gasteiger partial charge in [-0.15, -0.1) is 24.8 Å². The minimum atomic E-state index is -0.188. The van der Waals surface area contributed by atoms with Gasteiger partial charge >= 0.3 is 0 Å². The number of fused-ring (bicyclic) bond motifs is 1. The molecule has 9 heteroatoms. The normalized spacial score (nSPS) is 14.0. The van der Waals surface area contributed by atoms with Crippen LogP contribution in [0.4, 0.5) is 0 Å². The first-order valence-electron chi connectivity index (χ1n) is 5.96. The van der Waals surface area contributed by atoms with E-state index in [0.29, 0.717) is 11.8 Å². The number of thioether (sulfide) groups is 2. The van der Waals surface area contributed by atoms with Crippen LogP contribution in [0.1, 0.15) is 6.04 Å². The minimum Gasteiger partial charge on any atom is -0.314 e. The third kappa shape index (κ3) is 3.78. The van der Waals surface area contributed by atoms with E-state index < -0.39 is 0 Å². The summed E-state index contributed by atoms with van der Waals surface area (Å²) in [5, 5.41) is 0.898. The molecule has 1 aliphatic rings. The standard InChI is InChI=1S/C12H14N4OS2.2ClH/c13-15-11(17)7-19-12-14-9-3-1-2-4-10(9)16(12)8-5-18-6-8;;/h1-4,8H,5-7,13H2,(H,15,17);2*1H. The summed E-state index contributed by atoms with van der Waals surface area (Å²) in [6, 6.07) is 8.58. The molecule has 5 nitrogen and oxygen atoms in total. The summed E-state index contributed by atoms with van der Waals surface area (Å²) in [6.45, 7) is 0. The van der Waals surface area contributed by atoms with E-state index in [4.69, 9.17) is 5.84 Å². The first-order chi connectivity index (χ1) is 9.29. The maximum atomic E-state index is 11.3. The number of carbonyl (C=O) groups excluding carboxylic acids is 1. The van der Waals surface area contributed by atoms with Crippen LogP contribution in [-0.2, 0) is 4.79 Å². The van der Waals surface area contributed by atoms with Crippen LogP contribution in [0.15, 0.2) is 29.4 Å². The summed E-state index contributed by atoms with van der Waals surface area (Å²) >= 11 is 3.37. The second-order valence-electron chi connectivity index (χ2n) is 4.30. The summed E-state index contributed by atoms with van der Waals surface area (Å²) in [6.07, 6.45) is 0. The van der Waals surface area contributed by atoms with Gasteiger partial charge in [-0.3, -0.25) is 10.2 Å². The maximum Gasteiger partial charge on any atom is 0.244 e. The van der Waals surface area contributed by atoms with Crippen LogP contribution in [0.25, 0.3) is 11.0 Å². The van der Waals surface area contributed by atoms with E-state index in [2.05, 4.69) is 21.0 Å². The molecule has 0 aliphatic carbocycles. The van der Waals surface area contributed by atoms with Crippen LogP contribution >= 0.6 is 48.3 Å². The molecule has 3 rings (SSSR count). The third-order valence-corrected chi connectivity index (χ3v) is 5.24. The molecule has 1 fully saturated rings. The number of hydrogen-bond donors (Lipinski definition) is 2. The Bertz CT molecular complexity index is 618. The van der Waals surface area contributed by atoms with E-state index in [-0.39, 0.29) is 30.7 Å². The van der Waals surface area contributed by atoms with Gasteiger partial charge in [0.05, 0.1) is 22.8 Å². The lowest BCUT2D eigenvalue weighted by atomic mass is 10.3. The van der Waals surface area contributed by atoms with Gasteiger partial charge in [0.2, 0.25) is 5.91 Å². The van der Waals surface area contributed by atoms with Crippen molar-refractivity contribution < 1.29 is 4.79 Å². The topological polar surface area (TPSA) is 72.9 Å². The summed E-state index contributed by atoms with van der Waals surface area (Å²) in [5.41, 5.74) is 4.27. The largest absolute Gasteiger partial charge is 0.314 e. The first-order valence-corrected chi connectivity index (χ1v) is 8.10. The number of nitrogens with one attached hydrogen (secondary N) is 1. The van der Waals surface area contributed by atoms with Gasteiger partial charge in [0.1, 0.15) is 0 Å². The molecule has 21 heavy (non-hydrogen) atoms. The number of rotatable bonds is 4. The van der Waals surface area contributed by atoms with Crippen molar-refractivity contribution in [2.75, 3.05) is 17.3 Å². The van der Waals surface area contributed by atoms with Gasteiger partial charge in [-0.1, -0.05) is 23.9 Å². The number of halogens is 2. The molecule has 1 saturated heterocycles. The number of amides is 1. The Labute approximate surface area is 143 Å². The summed E-state index contributed by atoms with van der Waals surface area (Å²) in [5.74, 6) is 7.42. The average Bonchev–Trinajstić information content (AvgIpc) is 2.73. The van der Waals surface area contributed by atoms with E-state index in [0.717, 1.165) is 27.7 Å². The second-order valence-corrected chi connectivity index (χ2v) is 6.32. The molecule has 3 N–H and O–H groups in total. The molecule has 1 aromatic heterocycles. The van der Waals surface area contributed by atoms with Gasteiger partial charge in [0.15, 0.2) is 5.16 Å². The summed E-state index contributed by atoms with van der Waals surface area (Å²) in [7, 11) is 0. The number of hydrazine groups is 1. The molecular weight excluding hydrogens is 351 g/mol. The zero-order chi connectivity index (χ0) is 13.2. The number of para-hydroxylation sites is 2. The summed E-state index contributed by atoms with van der Waals surface area (Å²) in [4.78, 5) is 15.9. The average molecular weight is 367 g/mol. The molecule has 0 atom stereocenters. The highest BCUT2D eigenvalue weighted by molar-refractivity contribution is 8.00. The molecule has 0 unspecified atom stereocenters.